The van der Waals surface area contributed by atoms with Crippen LogP contribution in [0, 0.1) is 0 Å². The smallest absolute Gasteiger partial charge is 0.420 e. The molecular weight excluding hydrogens is 501 g/mol. The summed E-state index contributed by atoms with van der Waals surface area (Å²) in [6.45, 7) is 2.97. The zero-order valence-electron chi connectivity index (χ0n) is 21.2. The molecule has 37 heavy (non-hydrogen) atoms. The van der Waals surface area contributed by atoms with Gasteiger partial charge in [0.05, 0.1) is 5.92 Å². The van der Waals surface area contributed by atoms with Gasteiger partial charge in [0.25, 0.3) is 5.56 Å². The predicted octanol–water partition coefficient (Wildman–Crippen LogP) is 0.701. The summed E-state index contributed by atoms with van der Waals surface area (Å²) in [4.78, 5) is 47.4. The summed E-state index contributed by atoms with van der Waals surface area (Å²) < 4.78 is 2.64. The number of aryl methyl sites for hydroxylation is 1. The van der Waals surface area contributed by atoms with E-state index in [-0.39, 0.29) is 58.5 Å². The van der Waals surface area contributed by atoms with Crippen molar-refractivity contribution in [2.45, 2.75) is 51.6 Å². The van der Waals surface area contributed by atoms with Crippen LogP contribution in [0.4, 0.5) is 0 Å². The Hall–Kier alpha value is -2.65. The van der Waals surface area contributed by atoms with E-state index in [1.54, 1.807) is 0 Å². The molecule has 2 heterocycles. The fourth-order valence-corrected chi connectivity index (χ4v) is 4.51. The van der Waals surface area contributed by atoms with Crippen LogP contribution in [-0.4, -0.2) is 26.6 Å². The maximum Gasteiger partial charge on any atom is 1.00 e. The van der Waals surface area contributed by atoms with Gasteiger partial charge in [0.15, 0.2) is 0 Å². The molecule has 4 rings (SSSR count). The number of amides is 1. The third-order valence-electron chi connectivity index (χ3n) is 6.15. The number of unbranched alkanes of at least 4 members (excludes halogenated alkanes) is 2. The Bertz CT molecular complexity index is 1390. The molecule has 1 N–H and O–H groups in total. The number of carbonyl (C=O) groups excluding carboxylic acids is 1. The molecule has 2 aromatic heterocycles. The first kappa shape index (κ1) is 28.9. The number of nitrogens with one attached hydrogen (secondary N) is 1. The van der Waals surface area contributed by atoms with Crippen molar-refractivity contribution in [3.05, 3.63) is 97.9 Å². The van der Waals surface area contributed by atoms with Gasteiger partial charge in [-0.25, -0.2) is 4.79 Å². The molecule has 1 amide bonds. The van der Waals surface area contributed by atoms with Gasteiger partial charge in [0.1, 0.15) is 0 Å². The standard InChI is InChI=1S/C27H30ClN5O3.Na/c1-2-3-10-17-32-23-22(30-26(28)31-23)25(35)33(27(32)36)18-11-16-29-24(34)21(19-12-6-4-7-13-19)20-14-8-5-9-15-20;/h4-9,12-15,21H,2-3,10-11,16-18H2,1H3,(H2,29,30,31,34,35);/q;+1/p-1. The molecule has 0 unspecified atom stereocenters. The average Bonchev–Trinajstić information content (AvgIpc) is 3.28. The van der Waals surface area contributed by atoms with Crippen LogP contribution < -0.4 is 51.1 Å². The van der Waals surface area contributed by atoms with E-state index in [1.165, 1.54) is 4.57 Å². The van der Waals surface area contributed by atoms with Crippen molar-refractivity contribution >= 4 is 28.7 Å². The molecule has 0 saturated carbocycles. The Kier molecular flexibility index (Phi) is 10.8. The fraction of sp³-hybridized carbons (Fsp3) is 0.333. The minimum absolute atomic E-state index is 0. The number of benzene rings is 2. The van der Waals surface area contributed by atoms with Crippen molar-refractivity contribution in [1.82, 2.24) is 24.4 Å². The quantitative estimate of drug-likeness (QED) is 0.175. The van der Waals surface area contributed by atoms with Gasteiger partial charge in [-0.05, 0) is 24.0 Å². The molecule has 10 heteroatoms. The van der Waals surface area contributed by atoms with Crippen LogP contribution in [0.15, 0.2) is 70.3 Å². The number of nitrogens with zero attached hydrogens (tertiary/aromatic N) is 4. The van der Waals surface area contributed by atoms with Crippen molar-refractivity contribution in [3.63, 3.8) is 0 Å². The van der Waals surface area contributed by atoms with Gasteiger partial charge in [-0.3, -0.25) is 18.7 Å². The Balaban J connectivity index is 0.00000380. The first-order chi connectivity index (χ1) is 17.5. The molecule has 0 aliphatic carbocycles. The minimum Gasteiger partial charge on any atom is -0.420 e. The number of hydrogen-bond donors (Lipinski definition) is 1. The van der Waals surface area contributed by atoms with E-state index in [0.29, 0.717) is 19.5 Å². The van der Waals surface area contributed by atoms with Crippen LogP contribution in [0.2, 0.25) is 5.28 Å². The second kappa shape index (κ2) is 13.8. The van der Waals surface area contributed by atoms with Crippen molar-refractivity contribution in [2.75, 3.05) is 6.54 Å². The summed E-state index contributed by atoms with van der Waals surface area (Å²) in [5.74, 6) is -0.593. The topological polar surface area (TPSA) is 100 Å². The average molecular weight is 530 g/mol. The van der Waals surface area contributed by atoms with E-state index in [9.17, 15) is 14.4 Å². The van der Waals surface area contributed by atoms with E-state index >= 15 is 0 Å². The van der Waals surface area contributed by atoms with Gasteiger partial charge in [0, 0.05) is 36.1 Å². The molecule has 0 aliphatic rings. The Morgan fingerprint density at radius 1 is 0.946 bits per heavy atom. The minimum atomic E-state index is -0.515. The largest absolute Gasteiger partial charge is 1.00 e. The SMILES string of the molecule is CCCCCn1c(=O)n(CCCNC(=O)C(c2ccccc2)c2ccccc2)c(=O)c2[n-]c(Cl)nc21.[Na+]. The van der Waals surface area contributed by atoms with Crippen LogP contribution >= 0.6 is 11.6 Å². The number of fused-ring (bicyclic) bond motifs is 1. The van der Waals surface area contributed by atoms with Crippen molar-refractivity contribution in [3.8, 4) is 0 Å². The van der Waals surface area contributed by atoms with Gasteiger partial charge in [-0.2, -0.15) is 0 Å². The monoisotopic (exact) mass is 529 g/mol. The Morgan fingerprint density at radius 3 is 2.14 bits per heavy atom. The zero-order valence-corrected chi connectivity index (χ0v) is 23.9. The molecule has 188 valence electrons. The van der Waals surface area contributed by atoms with Gasteiger partial charge in [-0.1, -0.05) is 92.0 Å². The maximum absolute atomic E-state index is 13.2. The van der Waals surface area contributed by atoms with E-state index < -0.39 is 17.2 Å². The van der Waals surface area contributed by atoms with Gasteiger partial charge in [-0.15, -0.1) is 0 Å². The van der Waals surface area contributed by atoms with Crippen LogP contribution in [0.25, 0.3) is 11.2 Å². The molecule has 0 spiro atoms. The number of hydrogen-bond acceptors (Lipinski definition) is 4. The van der Waals surface area contributed by atoms with E-state index in [4.69, 9.17) is 11.6 Å². The molecule has 8 nitrogen and oxygen atoms in total. The molecule has 0 radical (unpaired) electrons. The number of aromatic nitrogens is 4. The van der Waals surface area contributed by atoms with Crippen LogP contribution in [0.1, 0.15) is 49.7 Å². The maximum atomic E-state index is 13.2. The third kappa shape index (κ3) is 6.82. The third-order valence-corrected chi connectivity index (χ3v) is 6.32. The molecular formula is C27H29ClN5NaO3. The summed E-state index contributed by atoms with van der Waals surface area (Å²) in [6.07, 6.45) is 3.13. The molecule has 2 aromatic carbocycles. The number of halogens is 1. The molecule has 0 saturated heterocycles. The fourth-order valence-electron chi connectivity index (χ4n) is 4.35. The normalized spacial score (nSPS) is 11.0. The van der Waals surface area contributed by atoms with E-state index in [2.05, 4.69) is 22.2 Å². The second-order valence-corrected chi connectivity index (χ2v) is 9.00. The summed E-state index contributed by atoms with van der Waals surface area (Å²) in [5.41, 5.74) is 1.16. The van der Waals surface area contributed by atoms with E-state index in [0.717, 1.165) is 35.0 Å². The number of carbonyl (C=O) groups is 1. The number of rotatable bonds is 11. The summed E-state index contributed by atoms with van der Waals surface area (Å²) in [7, 11) is 0. The van der Waals surface area contributed by atoms with Crippen molar-refractivity contribution < 1.29 is 34.4 Å². The van der Waals surface area contributed by atoms with Crippen LogP contribution in [0.3, 0.4) is 0 Å². The summed E-state index contributed by atoms with van der Waals surface area (Å²) in [6, 6.07) is 19.2. The van der Waals surface area contributed by atoms with Gasteiger partial charge in [0.2, 0.25) is 5.91 Å². The molecule has 0 atom stereocenters. The first-order valence-electron chi connectivity index (χ1n) is 12.2. The summed E-state index contributed by atoms with van der Waals surface area (Å²) in [5, 5.41) is 2.92. The summed E-state index contributed by atoms with van der Waals surface area (Å²) >= 11 is 5.95. The van der Waals surface area contributed by atoms with Crippen LogP contribution in [0.5, 0.6) is 0 Å². The Labute approximate surface area is 242 Å². The van der Waals surface area contributed by atoms with E-state index in [1.807, 2.05) is 60.7 Å². The molecule has 0 bridgehead atoms. The van der Waals surface area contributed by atoms with Gasteiger partial charge >= 0.3 is 35.2 Å². The molecule has 4 aromatic rings. The van der Waals surface area contributed by atoms with Crippen molar-refractivity contribution in [1.29, 1.82) is 0 Å². The van der Waals surface area contributed by atoms with Gasteiger partial charge < -0.3 is 15.3 Å². The first-order valence-corrected chi connectivity index (χ1v) is 12.6. The Morgan fingerprint density at radius 2 is 1.54 bits per heavy atom. The molecule has 0 aliphatic heterocycles. The zero-order chi connectivity index (χ0) is 25.5. The van der Waals surface area contributed by atoms with Crippen LogP contribution in [-0.2, 0) is 17.9 Å². The second-order valence-electron chi connectivity index (χ2n) is 8.66. The van der Waals surface area contributed by atoms with Crippen molar-refractivity contribution in [2.24, 2.45) is 0 Å². The number of imidazole rings is 1. The molecule has 0 fully saturated rings. The predicted molar refractivity (Wildman–Crippen MR) is 140 cm³/mol.